The lowest BCUT2D eigenvalue weighted by molar-refractivity contribution is -0.384. The Hall–Kier alpha value is -3.76. The van der Waals surface area contributed by atoms with Crippen LogP contribution in [-0.4, -0.2) is 39.8 Å². The van der Waals surface area contributed by atoms with E-state index in [-0.39, 0.29) is 35.3 Å². The molecule has 0 aliphatic carbocycles. The van der Waals surface area contributed by atoms with Crippen LogP contribution in [0.15, 0.2) is 24.3 Å². The highest BCUT2D eigenvalue weighted by molar-refractivity contribution is 6.05. The van der Waals surface area contributed by atoms with Crippen molar-refractivity contribution in [2.24, 2.45) is 0 Å². The normalized spacial score (nSPS) is 18.1. The van der Waals surface area contributed by atoms with Crippen LogP contribution in [-0.2, 0) is 9.59 Å². The number of benzene rings is 1. The Balaban J connectivity index is 1.63. The highest BCUT2D eigenvalue weighted by atomic mass is 16.6. The number of amides is 2. The molecule has 2 aliphatic rings. The number of hydrogen-bond acceptors (Lipinski definition) is 8. The van der Waals surface area contributed by atoms with Crippen LogP contribution in [0.2, 0.25) is 0 Å². The third-order valence-electron chi connectivity index (χ3n) is 4.99. The van der Waals surface area contributed by atoms with Crippen LogP contribution in [0.5, 0.6) is 0 Å². The molecule has 0 radical (unpaired) electrons. The number of aromatic nitrogens is 2. The third kappa shape index (κ3) is 3.66. The molecule has 1 aromatic heterocycles. The second kappa shape index (κ2) is 7.34. The van der Waals surface area contributed by atoms with Crippen molar-refractivity contribution in [2.45, 2.75) is 25.2 Å². The summed E-state index contributed by atoms with van der Waals surface area (Å²) in [7, 11) is 0. The molecule has 0 spiro atoms. The molecule has 1 aromatic carbocycles. The third-order valence-corrected chi connectivity index (χ3v) is 4.99. The topological polar surface area (TPSA) is 156 Å². The number of fused-ring (bicyclic) bond motifs is 1. The number of nitro benzene ring substituents is 1. The van der Waals surface area contributed by atoms with Crippen molar-refractivity contribution >= 4 is 40.8 Å². The van der Waals surface area contributed by atoms with E-state index in [4.69, 9.17) is 5.73 Å². The van der Waals surface area contributed by atoms with Gasteiger partial charge >= 0.3 is 0 Å². The van der Waals surface area contributed by atoms with Gasteiger partial charge in [-0.3, -0.25) is 19.7 Å². The number of non-ortho nitro benzene ring substituents is 1. The maximum Gasteiger partial charge on any atom is 0.271 e. The first-order valence-corrected chi connectivity index (χ1v) is 9.20. The minimum atomic E-state index is -0.898. The van der Waals surface area contributed by atoms with Gasteiger partial charge in [-0.15, -0.1) is 0 Å². The molecule has 4 rings (SSSR count). The van der Waals surface area contributed by atoms with Crippen molar-refractivity contribution in [3.63, 3.8) is 0 Å². The molecule has 2 aromatic rings. The maximum atomic E-state index is 12.9. The molecular formula is C18H19N7O4. The van der Waals surface area contributed by atoms with E-state index in [9.17, 15) is 19.7 Å². The fourth-order valence-corrected chi connectivity index (χ4v) is 3.59. The smallest absolute Gasteiger partial charge is 0.271 e. The molecule has 1 unspecified atom stereocenters. The zero-order valence-electron chi connectivity index (χ0n) is 15.4. The molecule has 150 valence electrons. The maximum absolute atomic E-state index is 12.9. The molecule has 11 heteroatoms. The Morgan fingerprint density at radius 1 is 1.31 bits per heavy atom. The van der Waals surface area contributed by atoms with E-state index < -0.39 is 16.7 Å². The van der Waals surface area contributed by atoms with Gasteiger partial charge in [0, 0.05) is 37.3 Å². The van der Waals surface area contributed by atoms with Gasteiger partial charge in [-0.05, 0) is 18.9 Å². The average Bonchev–Trinajstić information content (AvgIpc) is 3.22. The highest BCUT2D eigenvalue weighted by Gasteiger charge is 2.35. The average molecular weight is 397 g/mol. The Morgan fingerprint density at radius 2 is 2.07 bits per heavy atom. The SMILES string of the molecule is Nc1nc(N2CCCC2)nc2c1C(C(=O)Nc1cccc([N+](=O)[O-])c1)CC(=O)N2. The van der Waals surface area contributed by atoms with Crippen LogP contribution in [0.25, 0.3) is 0 Å². The van der Waals surface area contributed by atoms with Crippen molar-refractivity contribution in [3.05, 3.63) is 39.9 Å². The number of nitrogens with one attached hydrogen (secondary N) is 2. The van der Waals surface area contributed by atoms with Crippen molar-refractivity contribution in [1.29, 1.82) is 0 Å². The summed E-state index contributed by atoms with van der Waals surface area (Å²) in [4.78, 5) is 46.2. The van der Waals surface area contributed by atoms with Crippen molar-refractivity contribution in [2.75, 3.05) is 34.4 Å². The van der Waals surface area contributed by atoms with Gasteiger partial charge in [0.1, 0.15) is 11.6 Å². The lowest BCUT2D eigenvalue weighted by atomic mass is 9.92. The van der Waals surface area contributed by atoms with Crippen LogP contribution in [0, 0.1) is 10.1 Å². The second-order valence-electron chi connectivity index (χ2n) is 6.97. The zero-order valence-corrected chi connectivity index (χ0v) is 15.4. The zero-order chi connectivity index (χ0) is 20.5. The minimum Gasteiger partial charge on any atom is -0.383 e. The number of hydrogen-bond donors (Lipinski definition) is 3. The molecule has 29 heavy (non-hydrogen) atoms. The summed E-state index contributed by atoms with van der Waals surface area (Å²) in [5, 5.41) is 16.2. The predicted octanol–water partition coefficient (Wildman–Crippen LogP) is 1.63. The molecule has 2 amide bonds. The summed E-state index contributed by atoms with van der Waals surface area (Å²) < 4.78 is 0. The van der Waals surface area contributed by atoms with E-state index in [0.717, 1.165) is 25.9 Å². The summed E-state index contributed by atoms with van der Waals surface area (Å²) in [5.74, 6) is -0.969. The van der Waals surface area contributed by atoms with Gasteiger partial charge < -0.3 is 21.3 Å². The number of nitro groups is 1. The Kier molecular flexibility index (Phi) is 4.71. The monoisotopic (exact) mass is 397 g/mol. The number of carbonyl (C=O) groups excluding carboxylic acids is 2. The van der Waals surface area contributed by atoms with Crippen molar-refractivity contribution in [1.82, 2.24) is 9.97 Å². The van der Waals surface area contributed by atoms with Gasteiger partial charge in [0.2, 0.25) is 17.8 Å². The predicted molar refractivity (Wildman–Crippen MR) is 106 cm³/mol. The first-order chi connectivity index (χ1) is 13.9. The lowest BCUT2D eigenvalue weighted by Crippen LogP contribution is -2.33. The van der Waals surface area contributed by atoms with Gasteiger partial charge in [-0.2, -0.15) is 9.97 Å². The number of carbonyl (C=O) groups is 2. The van der Waals surface area contributed by atoms with E-state index in [1.54, 1.807) is 0 Å². The first kappa shape index (κ1) is 18.6. The Bertz CT molecular complexity index is 1000. The molecule has 3 heterocycles. The Labute approximate surface area is 165 Å². The quantitative estimate of drug-likeness (QED) is 0.519. The molecule has 11 nitrogen and oxygen atoms in total. The van der Waals surface area contributed by atoms with Gasteiger partial charge in [0.15, 0.2) is 0 Å². The number of anilines is 4. The van der Waals surface area contributed by atoms with E-state index in [1.165, 1.54) is 24.3 Å². The van der Waals surface area contributed by atoms with E-state index in [0.29, 0.717) is 11.5 Å². The number of nitrogens with two attached hydrogens (primary N) is 1. The second-order valence-corrected chi connectivity index (χ2v) is 6.97. The summed E-state index contributed by atoms with van der Waals surface area (Å²) in [5.41, 5.74) is 6.60. The lowest BCUT2D eigenvalue weighted by Gasteiger charge is -2.26. The standard InChI is InChI=1S/C18H19N7O4/c19-15-14-12(17(27)20-10-4-3-5-11(8-10)25(28)29)9-13(26)21-16(14)23-18(22-15)24-6-1-2-7-24/h3-5,8,12H,1-2,6-7,9H2,(H,20,27)(H3,19,21,22,23,26). The van der Waals surface area contributed by atoms with E-state index >= 15 is 0 Å². The van der Waals surface area contributed by atoms with Gasteiger partial charge in [-0.25, -0.2) is 0 Å². The van der Waals surface area contributed by atoms with Crippen LogP contribution >= 0.6 is 0 Å². The number of rotatable bonds is 4. The first-order valence-electron chi connectivity index (χ1n) is 9.20. The van der Waals surface area contributed by atoms with Crippen molar-refractivity contribution in [3.8, 4) is 0 Å². The largest absolute Gasteiger partial charge is 0.383 e. The molecule has 1 saturated heterocycles. The number of nitrogens with zero attached hydrogens (tertiary/aromatic N) is 4. The van der Waals surface area contributed by atoms with Crippen molar-refractivity contribution < 1.29 is 14.5 Å². The number of nitrogen functional groups attached to an aromatic ring is 1. The molecule has 4 N–H and O–H groups in total. The summed E-state index contributed by atoms with van der Waals surface area (Å²) in [6.45, 7) is 1.62. The molecule has 0 saturated carbocycles. The van der Waals surface area contributed by atoms with Crippen LogP contribution in [0.3, 0.4) is 0 Å². The summed E-state index contributed by atoms with van der Waals surface area (Å²) in [6, 6.07) is 5.57. The Morgan fingerprint density at radius 3 is 2.79 bits per heavy atom. The molecule has 1 fully saturated rings. The summed E-state index contributed by atoms with van der Waals surface area (Å²) >= 11 is 0. The molecule has 2 aliphatic heterocycles. The van der Waals surface area contributed by atoms with Crippen LogP contribution < -0.4 is 21.3 Å². The minimum absolute atomic E-state index is 0.121. The molecular weight excluding hydrogens is 378 g/mol. The fraction of sp³-hybridized carbons (Fsp3) is 0.333. The summed E-state index contributed by atoms with van der Waals surface area (Å²) in [6.07, 6.45) is 1.94. The van der Waals surface area contributed by atoms with Crippen LogP contribution in [0.4, 0.5) is 29.0 Å². The highest BCUT2D eigenvalue weighted by Crippen LogP contribution is 2.37. The molecule has 1 atom stereocenters. The van der Waals surface area contributed by atoms with E-state index in [2.05, 4.69) is 20.6 Å². The van der Waals surface area contributed by atoms with E-state index in [1.807, 2.05) is 4.90 Å². The van der Waals surface area contributed by atoms with Gasteiger partial charge in [0.05, 0.1) is 16.4 Å². The van der Waals surface area contributed by atoms with Gasteiger partial charge in [0.25, 0.3) is 5.69 Å². The van der Waals surface area contributed by atoms with Gasteiger partial charge in [-0.1, -0.05) is 6.07 Å². The molecule has 0 bridgehead atoms. The fourth-order valence-electron chi connectivity index (χ4n) is 3.59. The van der Waals surface area contributed by atoms with Crippen LogP contribution in [0.1, 0.15) is 30.7 Å².